The zero-order valence-electron chi connectivity index (χ0n) is 17.8. The van der Waals surface area contributed by atoms with E-state index in [-0.39, 0.29) is 23.1 Å². The molecule has 0 spiro atoms. The number of hydrogen-bond donors (Lipinski definition) is 2. The number of anilines is 2. The fourth-order valence-electron chi connectivity index (χ4n) is 2.95. The highest BCUT2D eigenvalue weighted by Gasteiger charge is 2.29. The molecule has 1 unspecified atom stereocenters. The normalized spacial score (nSPS) is 14.8. The Hall–Kier alpha value is -2.82. The summed E-state index contributed by atoms with van der Waals surface area (Å²) in [4.78, 5) is 24.6. The lowest BCUT2D eigenvalue weighted by Gasteiger charge is -2.20. The lowest BCUT2D eigenvalue weighted by molar-refractivity contribution is -0.122. The molecule has 1 saturated carbocycles. The van der Waals surface area contributed by atoms with Crippen molar-refractivity contribution in [1.82, 2.24) is 0 Å². The van der Waals surface area contributed by atoms with Gasteiger partial charge in [0.05, 0.1) is 0 Å². The van der Waals surface area contributed by atoms with Crippen LogP contribution in [0.25, 0.3) is 0 Å². The lowest BCUT2D eigenvalue weighted by atomic mass is 9.87. The van der Waals surface area contributed by atoms with Crippen LogP contribution < -0.4 is 15.4 Å². The first-order chi connectivity index (χ1) is 13.6. The van der Waals surface area contributed by atoms with Crippen molar-refractivity contribution in [2.45, 2.75) is 59.0 Å². The van der Waals surface area contributed by atoms with Crippen molar-refractivity contribution in [1.29, 1.82) is 0 Å². The average molecular weight is 395 g/mol. The largest absolute Gasteiger partial charge is 0.481 e. The number of carbonyl (C=O) groups is 2. The van der Waals surface area contributed by atoms with Gasteiger partial charge < -0.3 is 15.4 Å². The van der Waals surface area contributed by atoms with Crippen molar-refractivity contribution in [2.24, 2.45) is 5.92 Å². The third-order valence-corrected chi connectivity index (χ3v) is 5.11. The summed E-state index contributed by atoms with van der Waals surface area (Å²) in [7, 11) is 0. The Bertz CT molecular complexity index is 893. The molecule has 154 valence electrons. The quantitative estimate of drug-likeness (QED) is 0.721. The topological polar surface area (TPSA) is 67.4 Å². The van der Waals surface area contributed by atoms with E-state index in [2.05, 4.69) is 31.4 Å². The van der Waals surface area contributed by atoms with E-state index in [4.69, 9.17) is 4.74 Å². The van der Waals surface area contributed by atoms with Gasteiger partial charge in [-0.2, -0.15) is 0 Å². The number of carbonyl (C=O) groups excluding carboxylic acids is 2. The van der Waals surface area contributed by atoms with Gasteiger partial charge in [0.2, 0.25) is 5.91 Å². The summed E-state index contributed by atoms with van der Waals surface area (Å²) in [6.07, 6.45) is 1.25. The molecule has 0 saturated heterocycles. The molecule has 5 nitrogen and oxygen atoms in total. The van der Waals surface area contributed by atoms with Crippen LogP contribution in [-0.2, 0) is 15.0 Å². The van der Waals surface area contributed by atoms with Crippen molar-refractivity contribution in [3.05, 3.63) is 53.6 Å². The maximum atomic E-state index is 12.6. The predicted molar refractivity (Wildman–Crippen MR) is 116 cm³/mol. The molecule has 2 aromatic rings. The van der Waals surface area contributed by atoms with E-state index in [1.165, 1.54) is 5.56 Å². The predicted octanol–water partition coefficient (Wildman–Crippen LogP) is 5.05. The van der Waals surface area contributed by atoms with Crippen LogP contribution >= 0.6 is 0 Å². The SMILES string of the molecule is Cc1ccc(NC(=O)C(C)Oc2ccc(C(C)(C)C)cc2)cc1NC(=O)C1CC1. The summed E-state index contributed by atoms with van der Waals surface area (Å²) >= 11 is 0. The molecule has 1 atom stereocenters. The van der Waals surface area contributed by atoms with E-state index in [1.807, 2.05) is 43.3 Å². The van der Waals surface area contributed by atoms with Crippen molar-refractivity contribution in [2.75, 3.05) is 10.6 Å². The zero-order valence-corrected chi connectivity index (χ0v) is 17.8. The standard InChI is InChI=1S/C24H30N2O3/c1-15-6-11-19(14-21(15)26-23(28)17-7-8-17)25-22(27)16(2)29-20-12-9-18(10-13-20)24(3,4)5/h6,9-14,16-17H,7-8H2,1-5H3,(H,25,27)(H,26,28). The van der Waals surface area contributed by atoms with E-state index >= 15 is 0 Å². The molecule has 0 bridgehead atoms. The second-order valence-electron chi connectivity index (χ2n) is 8.82. The summed E-state index contributed by atoms with van der Waals surface area (Å²) in [5.74, 6) is 0.591. The van der Waals surface area contributed by atoms with Crippen LogP contribution in [0.5, 0.6) is 5.75 Å². The molecule has 0 radical (unpaired) electrons. The molecule has 1 fully saturated rings. The highest BCUT2D eigenvalue weighted by molar-refractivity contribution is 5.97. The number of benzene rings is 2. The highest BCUT2D eigenvalue weighted by atomic mass is 16.5. The van der Waals surface area contributed by atoms with E-state index in [1.54, 1.807) is 13.0 Å². The molecule has 29 heavy (non-hydrogen) atoms. The van der Waals surface area contributed by atoms with Gasteiger partial charge in [0, 0.05) is 17.3 Å². The van der Waals surface area contributed by atoms with Crippen molar-refractivity contribution < 1.29 is 14.3 Å². The van der Waals surface area contributed by atoms with Crippen molar-refractivity contribution in [3.8, 4) is 5.75 Å². The van der Waals surface area contributed by atoms with E-state index in [0.29, 0.717) is 11.4 Å². The number of nitrogens with one attached hydrogen (secondary N) is 2. The fraction of sp³-hybridized carbons (Fsp3) is 0.417. The molecule has 5 heteroatoms. The van der Waals surface area contributed by atoms with Crippen molar-refractivity contribution >= 4 is 23.2 Å². The second kappa shape index (κ2) is 8.27. The summed E-state index contributed by atoms with van der Waals surface area (Å²) in [5, 5.41) is 5.82. The van der Waals surface area contributed by atoms with Crippen LogP contribution in [0, 0.1) is 12.8 Å². The van der Waals surface area contributed by atoms with Gasteiger partial charge in [0.25, 0.3) is 5.91 Å². The Balaban J connectivity index is 1.61. The lowest BCUT2D eigenvalue weighted by Crippen LogP contribution is -2.30. The van der Waals surface area contributed by atoms with Crippen LogP contribution in [0.4, 0.5) is 11.4 Å². The molecular weight excluding hydrogens is 364 g/mol. The minimum atomic E-state index is -0.652. The Morgan fingerprint density at radius 1 is 1.03 bits per heavy atom. The fourth-order valence-corrected chi connectivity index (χ4v) is 2.95. The number of aryl methyl sites for hydroxylation is 1. The number of rotatable bonds is 6. The van der Waals surface area contributed by atoms with Gasteiger partial charge in [0.15, 0.2) is 6.10 Å². The molecule has 0 aromatic heterocycles. The molecular formula is C24H30N2O3. The molecule has 2 aromatic carbocycles. The van der Waals surface area contributed by atoms with Gasteiger partial charge in [-0.25, -0.2) is 0 Å². The van der Waals surface area contributed by atoms with Gasteiger partial charge in [0.1, 0.15) is 5.75 Å². The molecule has 2 amide bonds. The summed E-state index contributed by atoms with van der Waals surface area (Å²) < 4.78 is 5.79. The minimum Gasteiger partial charge on any atom is -0.481 e. The smallest absolute Gasteiger partial charge is 0.265 e. The van der Waals surface area contributed by atoms with Gasteiger partial charge >= 0.3 is 0 Å². The van der Waals surface area contributed by atoms with E-state index < -0.39 is 6.10 Å². The van der Waals surface area contributed by atoms with E-state index in [9.17, 15) is 9.59 Å². The Labute approximate surface area is 172 Å². The Kier molecular flexibility index (Phi) is 5.96. The van der Waals surface area contributed by atoms with Gasteiger partial charge in [-0.1, -0.05) is 39.0 Å². The van der Waals surface area contributed by atoms with E-state index in [0.717, 1.165) is 24.1 Å². The second-order valence-corrected chi connectivity index (χ2v) is 8.82. The van der Waals surface area contributed by atoms with Crippen LogP contribution in [-0.4, -0.2) is 17.9 Å². The van der Waals surface area contributed by atoms with Crippen LogP contribution in [0.3, 0.4) is 0 Å². The first kappa shape index (κ1) is 20.9. The van der Waals surface area contributed by atoms with Gasteiger partial charge in [-0.3, -0.25) is 9.59 Å². The molecule has 0 heterocycles. The molecule has 1 aliphatic carbocycles. The zero-order chi connectivity index (χ0) is 21.2. The van der Waals surface area contributed by atoms with Crippen LogP contribution in [0.15, 0.2) is 42.5 Å². The van der Waals surface area contributed by atoms with Crippen molar-refractivity contribution in [3.63, 3.8) is 0 Å². The first-order valence-corrected chi connectivity index (χ1v) is 10.1. The number of ether oxygens (including phenoxy) is 1. The molecule has 3 rings (SSSR count). The Morgan fingerprint density at radius 3 is 2.28 bits per heavy atom. The first-order valence-electron chi connectivity index (χ1n) is 10.1. The Morgan fingerprint density at radius 2 is 1.69 bits per heavy atom. The molecule has 0 aliphatic heterocycles. The summed E-state index contributed by atoms with van der Waals surface area (Å²) in [6.45, 7) is 10.1. The maximum Gasteiger partial charge on any atom is 0.265 e. The minimum absolute atomic E-state index is 0.0481. The molecule has 1 aliphatic rings. The highest BCUT2D eigenvalue weighted by Crippen LogP contribution is 2.31. The monoisotopic (exact) mass is 394 g/mol. The number of hydrogen-bond acceptors (Lipinski definition) is 3. The molecule has 2 N–H and O–H groups in total. The number of amides is 2. The van der Waals surface area contributed by atoms with Crippen LogP contribution in [0.2, 0.25) is 0 Å². The third kappa shape index (κ3) is 5.59. The summed E-state index contributed by atoms with van der Waals surface area (Å²) in [6, 6.07) is 13.3. The van der Waals surface area contributed by atoms with Gasteiger partial charge in [-0.15, -0.1) is 0 Å². The van der Waals surface area contributed by atoms with Gasteiger partial charge in [-0.05, 0) is 67.5 Å². The third-order valence-electron chi connectivity index (χ3n) is 5.11. The average Bonchev–Trinajstić information content (AvgIpc) is 3.49. The summed E-state index contributed by atoms with van der Waals surface area (Å²) in [5.41, 5.74) is 3.60. The maximum absolute atomic E-state index is 12.6. The van der Waals surface area contributed by atoms with Crippen LogP contribution in [0.1, 0.15) is 51.7 Å².